The Labute approximate surface area is 108 Å². The highest BCUT2D eigenvalue weighted by atomic mass is 35.5. The van der Waals surface area contributed by atoms with Gasteiger partial charge in [-0.05, 0) is 39.5 Å². The van der Waals surface area contributed by atoms with E-state index >= 15 is 0 Å². The predicted molar refractivity (Wildman–Crippen MR) is 68.3 cm³/mol. The van der Waals surface area contributed by atoms with E-state index in [0.29, 0.717) is 11.8 Å². The predicted octanol–water partition coefficient (Wildman–Crippen LogP) is 3.28. The van der Waals surface area contributed by atoms with Gasteiger partial charge in [0.1, 0.15) is 10.8 Å². The fourth-order valence-electron chi connectivity index (χ4n) is 2.27. The summed E-state index contributed by atoms with van der Waals surface area (Å²) in [5.74, 6) is 0.729. The molecule has 0 aliphatic heterocycles. The molecule has 4 heteroatoms. The third-order valence-corrected chi connectivity index (χ3v) is 3.81. The minimum absolute atomic E-state index is 0.421. The highest BCUT2D eigenvalue weighted by Gasteiger charge is 2.31. The van der Waals surface area contributed by atoms with Crippen LogP contribution in [0, 0.1) is 0 Å². The molecule has 0 saturated heterocycles. The zero-order valence-electron chi connectivity index (χ0n) is 10.7. The molecule has 0 fully saturated rings. The first-order chi connectivity index (χ1) is 8.10. The Morgan fingerprint density at radius 3 is 2.71 bits per heavy atom. The van der Waals surface area contributed by atoms with Gasteiger partial charge in [0.25, 0.3) is 0 Å². The maximum atomic E-state index is 6.23. The summed E-state index contributed by atoms with van der Waals surface area (Å²) in [6, 6.07) is 0. The molecule has 17 heavy (non-hydrogen) atoms. The third-order valence-electron chi connectivity index (χ3n) is 3.49. The number of nitrogens with zero attached hydrogens (tertiary/aromatic N) is 2. The van der Waals surface area contributed by atoms with Gasteiger partial charge in [-0.3, -0.25) is 0 Å². The normalized spacial score (nSPS) is 17.9. The van der Waals surface area contributed by atoms with E-state index < -0.39 is 5.60 Å². The maximum Gasteiger partial charge on any atom is 0.161 e. The summed E-state index contributed by atoms with van der Waals surface area (Å²) in [7, 11) is 0. The molecule has 0 N–H and O–H groups in total. The van der Waals surface area contributed by atoms with Crippen molar-refractivity contribution in [1.29, 1.82) is 0 Å². The van der Waals surface area contributed by atoms with Crippen LogP contribution in [-0.2, 0) is 23.2 Å². The number of aryl methyl sites for hydroxylation is 1. The topological polar surface area (TPSA) is 35.0 Å². The van der Waals surface area contributed by atoms with Gasteiger partial charge in [-0.1, -0.05) is 18.5 Å². The summed E-state index contributed by atoms with van der Waals surface area (Å²) in [5.41, 5.74) is 1.82. The molecule has 1 atom stereocenters. The molecule has 1 aromatic rings. The Morgan fingerprint density at radius 1 is 1.29 bits per heavy atom. The van der Waals surface area contributed by atoms with Gasteiger partial charge in [-0.15, -0.1) is 0 Å². The summed E-state index contributed by atoms with van der Waals surface area (Å²) in [4.78, 5) is 9.09. The Hall–Kier alpha value is -0.670. The molecule has 0 amide bonds. The van der Waals surface area contributed by atoms with Gasteiger partial charge >= 0.3 is 0 Å². The highest BCUT2D eigenvalue weighted by Crippen LogP contribution is 2.32. The van der Waals surface area contributed by atoms with Gasteiger partial charge in [0.15, 0.2) is 5.82 Å². The third kappa shape index (κ3) is 2.31. The van der Waals surface area contributed by atoms with Gasteiger partial charge in [-0.25, -0.2) is 9.97 Å². The quantitative estimate of drug-likeness (QED) is 0.774. The van der Waals surface area contributed by atoms with Crippen molar-refractivity contribution in [2.24, 2.45) is 0 Å². The van der Waals surface area contributed by atoms with E-state index in [4.69, 9.17) is 16.3 Å². The van der Waals surface area contributed by atoms with Crippen molar-refractivity contribution in [3.63, 3.8) is 0 Å². The minimum atomic E-state index is -0.421. The van der Waals surface area contributed by atoms with Crippen LogP contribution in [0.2, 0.25) is 5.15 Å². The second-order valence-corrected chi connectivity index (χ2v) is 4.99. The summed E-state index contributed by atoms with van der Waals surface area (Å²) in [6.07, 6.45) is 3.99. The van der Waals surface area contributed by atoms with Crippen molar-refractivity contribution < 1.29 is 4.74 Å². The summed E-state index contributed by atoms with van der Waals surface area (Å²) in [5, 5.41) is 0.613. The van der Waals surface area contributed by atoms with Crippen LogP contribution in [0.25, 0.3) is 0 Å². The Bertz CT molecular complexity index is 422. The highest BCUT2D eigenvalue weighted by molar-refractivity contribution is 6.30. The number of ether oxygens (including phenoxy) is 1. The zero-order chi connectivity index (χ0) is 12.5. The Balaban J connectivity index is 2.42. The van der Waals surface area contributed by atoms with Crippen LogP contribution < -0.4 is 0 Å². The molecule has 3 nitrogen and oxygen atoms in total. The van der Waals surface area contributed by atoms with Crippen molar-refractivity contribution in [3.8, 4) is 0 Å². The van der Waals surface area contributed by atoms with Crippen LogP contribution in [0.15, 0.2) is 0 Å². The van der Waals surface area contributed by atoms with E-state index in [0.717, 1.165) is 42.8 Å². The smallest absolute Gasteiger partial charge is 0.161 e. The van der Waals surface area contributed by atoms with Crippen LogP contribution in [0.3, 0.4) is 0 Å². The SMILES string of the molecule is CCOC(C)(CC)c1nc(Cl)c2c(n1)CCC2. The fourth-order valence-corrected chi connectivity index (χ4v) is 2.55. The molecule has 1 aliphatic rings. The van der Waals surface area contributed by atoms with Crippen molar-refractivity contribution in [2.75, 3.05) is 6.61 Å². The average Bonchev–Trinajstić information content (AvgIpc) is 2.78. The summed E-state index contributed by atoms with van der Waals surface area (Å²) in [6.45, 7) is 6.76. The van der Waals surface area contributed by atoms with Crippen LogP contribution in [0.1, 0.15) is 50.7 Å². The van der Waals surface area contributed by atoms with Crippen molar-refractivity contribution in [1.82, 2.24) is 9.97 Å². The first kappa shape index (κ1) is 12.8. The molecule has 1 aromatic heterocycles. The van der Waals surface area contributed by atoms with Crippen LogP contribution in [-0.4, -0.2) is 16.6 Å². The van der Waals surface area contributed by atoms with Gasteiger partial charge < -0.3 is 4.74 Å². The van der Waals surface area contributed by atoms with Crippen molar-refractivity contribution >= 4 is 11.6 Å². The van der Waals surface area contributed by atoms with Gasteiger partial charge in [0, 0.05) is 17.9 Å². The Morgan fingerprint density at radius 2 is 2.06 bits per heavy atom. The van der Waals surface area contributed by atoms with E-state index in [1.165, 1.54) is 0 Å². The molecule has 0 spiro atoms. The number of hydrogen-bond acceptors (Lipinski definition) is 3. The van der Waals surface area contributed by atoms with Crippen LogP contribution >= 0.6 is 11.6 Å². The molecule has 0 radical (unpaired) electrons. The molecule has 1 heterocycles. The average molecular weight is 255 g/mol. The molecular formula is C13H19ClN2O. The Kier molecular flexibility index (Phi) is 3.69. The van der Waals surface area contributed by atoms with Crippen LogP contribution in [0.5, 0.6) is 0 Å². The van der Waals surface area contributed by atoms with E-state index in [1.54, 1.807) is 0 Å². The van der Waals surface area contributed by atoms with Crippen LogP contribution in [0.4, 0.5) is 0 Å². The summed E-state index contributed by atoms with van der Waals surface area (Å²) < 4.78 is 5.80. The van der Waals surface area contributed by atoms with Crippen molar-refractivity contribution in [2.45, 2.75) is 52.1 Å². The lowest BCUT2D eigenvalue weighted by molar-refractivity contribution is -0.0391. The number of aromatic nitrogens is 2. The van der Waals surface area contributed by atoms with E-state index in [-0.39, 0.29) is 0 Å². The molecule has 1 unspecified atom stereocenters. The maximum absolute atomic E-state index is 6.23. The molecule has 94 valence electrons. The lowest BCUT2D eigenvalue weighted by atomic mass is 10.0. The molecule has 1 aliphatic carbocycles. The summed E-state index contributed by atoms with van der Waals surface area (Å²) >= 11 is 6.23. The molecule has 2 rings (SSSR count). The van der Waals surface area contributed by atoms with Gasteiger partial charge in [-0.2, -0.15) is 0 Å². The number of halogens is 1. The minimum Gasteiger partial charge on any atom is -0.368 e. The fraction of sp³-hybridized carbons (Fsp3) is 0.692. The zero-order valence-corrected chi connectivity index (χ0v) is 11.5. The molecule has 0 saturated carbocycles. The monoisotopic (exact) mass is 254 g/mol. The first-order valence-corrected chi connectivity index (χ1v) is 6.68. The van der Waals surface area contributed by atoms with Gasteiger partial charge in [0.2, 0.25) is 0 Å². The van der Waals surface area contributed by atoms with E-state index in [1.807, 2.05) is 13.8 Å². The van der Waals surface area contributed by atoms with E-state index in [2.05, 4.69) is 16.9 Å². The number of fused-ring (bicyclic) bond motifs is 1. The first-order valence-electron chi connectivity index (χ1n) is 6.30. The van der Waals surface area contributed by atoms with Gasteiger partial charge in [0.05, 0.1) is 0 Å². The molecule has 0 bridgehead atoms. The second kappa shape index (κ2) is 4.91. The van der Waals surface area contributed by atoms with E-state index in [9.17, 15) is 0 Å². The standard InChI is InChI=1S/C13H19ClN2O/c1-4-13(3,17-5-2)12-15-10-8-6-7-9(10)11(14)16-12/h4-8H2,1-3H3. The largest absolute Gasteiger partial charge is 0.368 e. The number of hydrogen-bond donors (Lipinski definition) is 0. The molecular weight excluding hydrogens is 236 g/mol. The number of rotatable bonds is 4. The van der Waals surface area contributed by atoms with Crippen molar-refractivity contribution in [3.05, 3.63) is 22.2 Å². The lowest BCUT2D eigenvalue weighted by Crippen LogP contribution is -2.28. The lowest BCUT2D eigenvalue weighted by Gasteiger charge is -2.27. The second-order valence-electron chi connectivity index (χ2n) is 4.63. The molecule has 0 aromatic carbocycles.